The Kier molecular flexibility index (Phi) is 7.57. The van der Waals surface area contributed by atoms with Crippen molar-refractivity contribution in [1.29, 1.82) is 0 Å². The SMILES string of the molecule is CC1(C)c2cc3cc(N(c4ccccc4)c4cccc(F)c4)ccc3cc2-c2c1c1ccc(N(c3ccccc3)c3cccc(F)c3)cc1c1ccccc21. The topological polar surface area (TPSA) is 6.48 Å². The highest BCUT2D eigenvalue weighted by Crippen LogP contribution is 2.56. The predicted octanol–water partition coefficient (Wildman–Crippen LogP) is 14.7. The average Bonchev–Trinajstić information content (AvgIpc) is 3.44. The van der Waals surface area contributed by atoms with Crippen LogP contribution in [0.4, 0.5) is 42.9 Å². The molecular weight excluding hydrogens is 679 g/mol. The van der Waals surface area contributed by atoms with E-state index in [1.54, 1.807) is 24.3 Å². The van der Waals surface area contributed by atoms with Gasteiger partial charge in [0.2, 0.25) is 0 Å². The van der Waals surface area contributed by atoms with E-state index in [0.717, 1.165) is 50.3 Å². The third-order valence-corrected chi connectivity index (χ3v) is 11.2. The van der Waals surface area contributed by atoms with Gasteiger partial charge in [-0.3, -0.25) is 0 Å². The van der Waals surface area contributed by atoms with Gasteiger partial charge in [0, 0.05) is 39.5 Å². The quantitative estimate of drug-likeness (QED) is 0.158. The first kappa shape index (κ1) is 32.8. The number of fused-ring (bicyclic) bond motifs is 9. The van der Waals surface area contributed by atoms with Crippen LogP contribution in [-0.2, 0) is 5.41 Å². The number of para-hydroxylation sites is 2. The van der Waals surface area contributed by atoms with E-state index >= 15 is 0 Å². The van der Waals surface area contributed by atoms with E-state index in [9.17, 15) is 8.78 Å². The molecule has 1 aliphatic carbocycles. The lowest BCUT2D eigenvalue weighted by atomic mass is 9.79. The highest BCUT2D eigenvalue weighted by Gasteiger charge is 2.39. The van der Waals surface area contributed by atoms with Gasteiger partial charge in [0.15, 0.2) is 0 Å². The molecule has 0 spiro atoms. The Bertz CT molecular complexity index is 2940. The first-order chi connectivity index (χ1) is 26.8. The third kappa shape index (κ3) is 5.36. The largest absolute Gasteiger partial charge is 0.310 e. The molecule has 0 aromatic heterocycles. The number of nitrogens with zero attached hydrogens (tertiary/aromatic N) is 2. The number of anilines is 6. The summed E-state index contributed by atoms with van der Waals surface area (Å²) in [5, 5.41) is 7.02. The molecule has 264 valence electrons. The van der Waals surface area contributed by atoms with Crippen molar-refractivity contribution in [3.8, 4) is 11.1 Å². The van der Waals surface area contributed by atoms with Crippen LogP contribution in [0.2, 0.25) is 0 Å². The summed E-state index contributed by atoms with van der Waals surface area (Å²) >= 11 is 0. The van der Waals surface area contributed by atoms with Crippen molar-refractivity contribution in [1.82, 2.24) is 0 Å². The highest BCUT2D eigenvalue weighted by atomic mass is 19.1. The van der Waals surface area contributed by atoms with Crippen molar-refractivity contribution in [3.05, 3.63) is 205 Å². The first-order valence-electron chi connectivity index (χ1n) is 18.6. The van der Waals surface area contributed by atoms with E-state index in [1.807, 2.05) is 48.5 Å². The van der Waals surface area contributed by atoms with E-state index in [2.05, 4.69) is 121 Å². The summed E-state index contributed by atoms with van der Waals surface area (Å²) in [4.78, 5) is 4.23. The van der Waals surface area contributed by atoms with Crippen LogP contribution >= 0.6 is 0 Å². The lowest BCUT2D eigenvalue weighted by Crippen LogP contribution is -2.16. The van der Waals surface area contributed by atoms with Crippen molar-refractivity contribution in [3.63, 3.8) is 0 Å². The molecule has 2 nitrogen and oxygen atoms in total. The standard InChI is InChI=1S/C51H36F2N2/c1-51(2)48-29-34-27-41(54(37-15-5-3-6-16-37)39-19-11-13-35(52)30-39)24-23-33(34)28-47(48)49-44-22-10-9-21-43(44)46-32-42(25-26-45(46)50(49)51)55(38-17-7-4-8-18-38)40-20-12-14-36(53)31-40/h3-32H,1-2H3. The molecule has 0 saturated heterocycles. The Morgan fingerprint density at radius 2 is 0.909 bits per heavy atom. The zero-order chi connectivity index (χ0) is 37.3. The summed E-state index contributed by atoms with van der Waals surface area (Å²) in [6.45, 7) is 4.67. The Balaban J connectivity index is 1.17. The third-order valence-electron chi connectivity index (χ3n) is 11.2. The summed E-state index contributed by atoms with van der Waals surface area (Å²) in [7, 11) is 0. The van der Waals surface area contributed by atoms with E-state index in [4.69, 9.17) is 0 Å². The second kappa shape index (κ2) is 12.7. The molecule has 1 aliphatic rings. The zero-order valence-corrected chi connectivity index (χ0v) is 30.5. The van der Waals surface area contributed by atoms with Gasteiger partial charge >= 0.3 is 0 Å². The van der Waals surface area contributed by atoms with Crippen molar-refractivity contribution in [2.75, 3.05) is 9.80 Å². The maximum absolute atomic E-state index is 14.7. The van der Waals surface area contributed by atoms with Gasteiger partial charge in [0.25, 0.3) is 0 Å². The van der Waals surface area contributed by atoms with E-state index in [1.165, 1.54) is 50.5 Å². The van der Waals surface area contributed by atoms with Crippen LogP contribution in [0.5, 0.6) is 0 Å². The molecule has 0 radical (unpaired) electrons. The van der Waals surface area contributed by atoms with Gasteiger partial charge in [-0.1, -0.05) is 98.8 Å². The second-order valence-corrected chi connectivity index (χ2v) is 14.9. The van der Waals surface area contributed by atoms with Gasteiger partial charge in [-0.25, -0.2) is 8.78 Å². The molecule has 9 aromatic rings. The molecule has 0 saturated carbocycles. The lowest BCUT2D eigenvalue weighted by molar-refractivity contribution is 0.627. The molecule has 0 aliphatic heterocycles. The smallest absolute Gasteiger partial charge is 0.125 e. The summed E-state index contributed by atoms with van der Waals surface area (Å²) in [6, 6.07) is 60.5. The van der Waals surface area contributed by atoms with Crippen LogP contribution < -0.4 is 9.80 Å². The first-order valence-corrected chi connectivity index (χ1v) is 18.6. The summed E-state index contributed by atoms with van der Waals surface area (Å²) in [5.74, 6) is -0.548. The molecule has 0 atom stereocenters. The van der Waals surface area contributed by atoms with Gasteiger partial charge < -0.3 is 9.80 Å². The Hall–Kier alpha value is -6.78. The number of halogens is 2. The molecule has 4 heteroatoms. The fraction of sp³-hybridized carbons (Fsp3) is 0.0588. The molecule has 0 fully saturated rings. The second-order valence-electron chi connectivity index (χ2n) is 14.9. The van der Waals surface area contributed by atoms with Crippen molar-refractivity contribution in [2.24, 2.45) is 0 Å². The van der Waals surface area contributed by atoms with Crippen molar-refractivity contribution in [2.45, 2.75) is 19.3 Å². The Morgan fingerprint density at radius 1 is 0.382 bits per heavy atom. The van der Waals surface area contributed by atoms with E-state index in [0.29, 0.717) is 0 Å². The van der Waals surface area contributed by atoms with Gasteiger partial charge in [0.1, 0.15) is 11.6 Å². The number of hydrogen-bond donors (Lipinski definition) is 0. The average molecular weight is 715 g/mol. The predicted molar refractivity (Wildman–Crippen MR) is 226 cm³/mol. The van der Waals surface area contributed by atoms with Crippen LogP contribution in [0, 0.1) is 11.6 Å². The maximum atomic E-state index is 14.7. The zero-order valence-electron chi connectivity index (χ0n) is 30.5. The molecule has 55 heavy (non-hydrogen) atoms. The minimum Gasteiger partial charge on any atom is -0.310 e. The van der Waals surface area contributed by atoms with E-state index in [-0.39, 0.29) is 17.0 Å². The van der Waals surface area contributed by atoms with E-state index < -0.39 is 0 Å². The van der Waals surface area contributed by atoms with Gasteiger partial charge in [-0.15, -0.1) is 0 Å². The molecule has 9 aromatic carbocycles. The number of hydrogen-bond acceptors (Lipinski definition) is 2. The monoisotopic (exact) mass is 714 g/mol. The normalized spacial score (nSPS) is 12.9. The lowest BCUT2D eigenvalue weighted by Gasteiger charge is -2.28. The van der Waals surface area contributed by atoms with Crippen LogP contribution in [-0.4, -0.2) is 0 Å². The summed E-state index contributed by atoms with van der Waals surface area (Å²) in [6.07, 6.45) is 0. The van der Waals surface area contributed by atoms with Gasteiger partial charge in [0.05, 0.1) is 0 Å². The molecule has 0 heterocycles. The maximum Gasteiger partial charge on any atom is 0.125 e. The Morgan fingerprint density at radius 3 is 1.53 bits per heavy atom. The van der Waals surface area contributed by atoms with Gasteiger partial charge in [-0.2, -0.15) is 0 Å². The highest BCUT2D eigenvalue weighted by molar-refractivity contribution is 6.19. The molecule has 0 bridgehead atoms. The molecule has 0 N–H and O–H groups in total. The van der Waals surface area contributed by atoms with Crippen LogP contribution in [0.3, 0.4) is 0 Å². The van der Waals surface area contributed by atoms with Crippen LogP contribution in [0.1, 0.15) is 25.0 Å². The molecular formula is C51H36F2N2. The minimum absolute atomic E-state index is 0.273. The van der Waals surface area contributed by atoms with Crippen LogP contribution in [0.15, 0.2) is 182 Å². The number of rotatable bonds is 6. The fourth-order valence-electron chi connectivity index (χ4n) is 8.81. The summed E-state index contributed by atoms with van der Waals surface area (Å²) in [5.41, 5.74) is 10.2. The molecule has 10 rings (SSSR count). The van der Waals surface area contributed by atoms with Crippen molar-refractivity contribution >= 4 is 66.4 Å². The molecule has 0 amide bonds. The van der Waals surface area contributed by atoms with Crippen LogP contribution in [0.25, 0.3) is 43.4 Å². The summed E-state index contributed by atoms with van der Waals surface area (Å²) < 4.78 is 29.3. The van der Waals surface area contributed by atoms with Gasteiger partial charge in [-0.05, 0) is 152 Å². The number of benzene rings is 9. The van der Waals surface area contributed by atoms with Crippen molar-refractivity contribution < 1.29 is 8.78 Å². The Labute approximate surface area is 319 Å². The fourth-order valence-corrected chi connectivity index (χ4v) is 8.81. The minimum atomic E-state index is -0.317. The molecule has 0 unspecified atom stereocenters.